The summed E-state index contributed by atoms with van der Waals surface area (Å²) in [5, 5.41) is 8.63. The molecule has 3 rings (SSSR count). The number of nitrogens with zero attached hydrogens (tertiary/aromatic N) is 1. The first-order valence-electron chi connectivity index (χ1n) is 7.08. The number of rotatable bonds is 3. The number of thiophene rings is 1. The molecule has 1 aliphatic carbocycles. The Kier molecular flexibility index (Phi) is 4.07. The van der Waals surface area contributed by atoms with Crippen molar-refractivity contribution < 1.29 is 19.4 Å². The van der Waals surface area contributed by atoms with E-state index in [4.69, 9.17) is 9.84 Å². The molecule has 21 heavy (non-hydrogen) atoms. The molecule has 1 saturated carbocycles. The summed E-state index contributed by atoms with van der Waals surface area (Å²) in [5.41, 5.74) is 0. The molecule has 1 amide bonds. The topological polar surface area (TPSA) is 66.8 Å². The SMILES string of the molecule is O=C(O)C=Cc1ccc(C(=O)N2CCOC3CCCC32)s1. The lowest BCUT2D eigenvalue weighted by molar-refractivity contribution is -0.131. The molecule has 2 aliphatic rings. The van der Waals surface area contributed by atoms with Gasteiger partial charge in [-0.15, -0.1) is 11.3 Å². The Morgan fingerprint density at radius 1 is 1.38 bits per heavy atom. The van der Waals surface area contributed by atoms with Crippen LogP contribution in [0.25, 0.3) is 6.08 Å². The molecule has 5 nitrogen and oxygen atoms in total. The number of fused-ring (bicyclic) bond motifs is 1. The van der Waals surface area contributed by atoms with Gasteiger partial charge in [0.25, 0.3) is 5.91 Å². The molecule has 1 aromatic heterocycles. The number of amides is 1. The Morgan fingerprint density at radius 3 is 3.05 bits per heavy atom. The molecule has 2 atom stereocenters. The third kappa shape index (κ3) is 3.01. The molecule has 1 saturated heterocycles. The summed E-state index contributed by atoms with van der Waals surface area (Å²) in [4.78, 5) is 26.5. The van der Waals surface area contributed by atoms with Crippen LogP contribution in [0.3, 0.4) is 0 Å². The molecule has 2 heterocycles. The lowest BCUT2D eigenvalue weighted by Gasteiger charge is -2.37. The maximum absolute atomic E-state index is 12.6. The zero-order chi connectivity index (χ0) is 14.8. The van der Waals surface area contributed by atoms with Gasteiger partial charge >= 0.3 is 5.97 Å². The van der Waals surface area contributed by atoms with Crippen LogP contribution in [-0.4, -0.2) is 47.2 Å². The molecule has 1 aromatic rings. The molecule has 0 bridgehead atoms. The highest BCUT2D eigenvalue weighted by molar-refractivity contribution is 7.14. The standard InChI is InChI=1S/C15H17NO4S/c17-14(18)7-5-10-4-6-13(21-10)15(19)16-8-9-20-12-3-1-2-11(12)16/h4-7,11-12H,1-3,8-9H2,(H,17,18). The normalized spacial score (nSPS) is 25.2. The van der Waals surface area contributed by atoms with Gasteiger partial charge in [-0.2, -0.15) is 0 Å². The number of aliphatic carboxylic acids is 1. The van der Waals surface area contributed by atoms with Gasteiger partial charge < -0.3 is 14.7 Å². The van der Waals surface area contributed by atoms with Crippen LogP contribution >= 0.6 is 11.3 Å². The summed E-state index contributed by atoms with van der Waals surface area (Å²) in [6, 6.07) is 3.75. The highest BCUT2D eigenvalue weighted by Crippen LogP contribution is 2.31. The van der Waals surface area contributed by atoms with E-state index in [9.17, 15) is 9.59 Å². The summed E-state index contributed by atoms with van der Waals surface area (Å²) in [6.45, 7) is 1.24. The Morgan fingerprint density at radius 2 is 2.24 bits per heavy atom. The van der Waals surface area contributed by atoms with Crippen LogP contribution in [0.5, 0.6) is 0 Å². The van der Waals surface area contributed by atoms with Gasteiger partial charge in [-0.25, -0.2) is 4.79 Å². The van der Waals surface area contributed by atoms with Crippen LogP contribution in [0.4, 0.5) is 0 Å². The molecule has 0 radical (unpaired) electrons. The molecule has 2 unspecified atom stereocenters. The molecule has 6 heteroatoms. The van der Waals surface area contributed by atoms with Crippen molar-refractivity contribution >= 4 is 29.3 Å². The largest absolute Gasteiger partial charge is 0.478 e. The molecule has 0 spiro atoms. The number of carbonyl (C=O) groups is 2. The highest BCUT2D eigenvalue weighted by atomic mass is 32.1. The van der Waals surface area contributed by atoms with Gasteiger partial charge in [0.1, 0.15) is 0 Å². The van der Waals surface area contributed by atoms with E-state index < -0.39 is 5.97 Å². The minimum atomic E-state index is -0.988. The van der Waals surface area contributed by atoms with Crippen molar-refractivity contribution in [3.63, 3.8) is 0 Å². The lowest BCUT2D eigenvalue weighted by Crippen LogP contribution is -2.51. The van der Waals surface area contributed by atoms with Crippen LogP contribution < -0.4 is 0 Å². The molecule has 0 aromatic carbocycles. The van der Waals surface area contributed by atoms with Crippen molar-refractivity contribution in [2.75, 3.05) is 13.2 Å². The zero-order valence-corrected chi connectivity index (χ0v) is 12.3. The van der Waals surface area contributed by atoms with Gasteiger partial charge in [0, 0.05) is 17.5 Å². The van der Waals surface area contributed by atoms with E-state index in [0.717, 1.165) is 30.2 Å². The first kappa shape index (κ1) is 14.3. The fourth-order valence-electron chi connectivity index (χ4n) is 3.03. The molecule has 2 fully saturated rings. The van der Waals surface area contributed by atoms with Crippen molar-refractivity contribution in [2.45, 2.75) is 31.4 Å². The van der Waals surface area contributed by atoms with E-state index in [0.29, 0.717) is 18.0 Å². The number of morpholine rings is 1. The average molecular weight is 307 g/mol. The van der Waals surface area contributed by atoms with Gasteiger partial charge in [0.05, 0.1) is 23.6 Å². The summed E-state index contributed by atoms with van der Waals surface area (Å²) >= 11 is 1.33. The minimum absolute atomic E-state index is 0.0372. The van der Waals surface area contributed by atoms with Crippen LogP contribution in [0.2, 0.25) is 0 Å². The van der Waals surface area contributed by atoms with Gasteiger partial charge in [0.15, 0.2) is 0 Å². The molecule has 112 valence electrons. The first-order chi connectivity index (χ1) is 10.1. The average Bonchev–Trinajstić information content (AvgIpc) is 3.12. The van der Waals surface area contributed by atoms with E-state index in [1.807, 2.05) is 4.90 Å². The van der Waals surface area contributed by atoms with Gasteiger partial charge in [-0.05, 0) is 37.5 Å². The molecular formula is C15H17NO4S. The van der Waals surface area contributed by atoms with Crippen LogP contribution in [0.1, 0.15) is 33.8 Å². The first-order valence-corrected chi connectivity index (χ1v) is 7.90. The monoisotopic (exact) mass is 307 g/mol. The second-order valence-electron chi connectivity index (χ2n) is 5.28. The Labute approximate surface area is 126 Å². The smallest absolute Gasteiger partial charge is 0.328 e. The Bertz CT molecular complexity index is 580. The Balaban J connectivity index is 1.74. The van der Waals surface area contributed by atoms with Crippen molar-refractivity contribution in [1.82, 2.24) is 4.90 Å². The number of hydrogen-bond donors (Lipinski definition) is 1. The van der Waals surface area contributed by atoms with Crippen LogP contribution in [0.15, 0.2) is 18.2 Å². The number of carboxylic acid groups (broad SMARTS) is 1. The molecule has 1 aliphatic heterocycles. The number of ether oxygens (including phenoxy) is 1. The van der Waals surface area contributed by atoms with Gasteiger partial charge in [0.2, 0.25) is 0 Å². The minimum Gasteiger partial charge on any atom is -0.478 e. The summed E-state index contributed by atoms with van der Waals surface area (Å²) in [6.07, 6.45) is 5.94. The second kappa shape index (κ2) is 5.99. The zero-order valence-electron chi connectivity index (χ0n) is 11.5. The van der Waals surface area contributed by atoms with Gasteiger partial charge in [-0.1, -0.05) is 0 Å². The maximum Gasteiger partial charge on any atom is 0.328 e. The predicted molar refractivity (Wildman–Crippen MR) is 79.4 cm³/mol. The fraction of sp³-hybridized carbons (Fsp3) is 0.467. The lowest BCUT2D eigenvalue weighted by atomic mass is 10.1. The van der Waals surface area contributed by atoms with E-state index in [1.54, 1.807) is 12.1 Å². The van der Waals surface area contributed by atoms with Crippen LogP contribution in [0, 0.1) is 0 Å². The van der Waals surface area contributed by atoms with E-state index >= 15 is 0 Å². The number of hydrogen-bond acceptors (Lipinski definition) is 4. The van der Waals surface area contributed by atoms with E-state index in [-0.39, 0.29) is 18.1 Å². The van der Waals surface area contributed by atoms with E-state index in [1.165, 1.54) is 17.4 Å². The number of carboxylic acids is 1. The summed E-state index contributed by atoms with van der Waals surface area (Å²) < 4.78 is 5.72. The third-order valence-corrected chi connectivity index (χ3v) is 5.01. The van der Waals surface area contributed by atoms with Crippen molar-refractivity contribution in [3.05, 3.63) is 28.0 Å². The predicted octanol–water partition coefficient (Wildman–Crippen LogP) is 2.24. The van der Waals surface area contributed by atoms with E-state index in [2.05, 4.69) is 0 Å². The highest BCUT2D eigenvalue weighted by Gasteiger charge is 2.38. The number of carbonyl (C=O) groups excluding carboxylic acids is 1. The van der Waals surface area contributed by atoms with Crippen molar-refractivity contribution in [1.29, 1.82) is 0 Å². The summed E-state index contributed by atoms with van der Waals surface area (Å²) in [5.74, 6) is -0.951. The van der Waals surface area contributed by atoms with Crippen molar-refractivity contribution in [3.8, 4) is 0 Å². The second-order valence-corrected chi connectivity index (χ2v) is 6.39. The Hall–Kier alpha value is -1.66. The quantitative estimate of drug-likeness (QED) is 0.870. The van der Waals surface area contributed by atoms with Crippen LogP contribution in [-0.2, 0) is 9.53 Å². The summed E-state index contributed by atoms with van der Waals surface area (Å²) in [7, 11) is 0. The van der Waals surface area contributed by atoms with Gasteiger partial charge in [-0.3, -0.25) is 4.79 Å². The fourth-order valence-corrected chi connectivity index (χ4v) is 3.90. The third-order valence-electron chi connectivity index (χ3n) is 3.97. The molecule has 1 N–H and O–H groups in total. The maximum atomic E-state index is 12.6. The van der Waals surface area contributed by atoms with Crippen molar-refractivity contribution in [2.24, 2.45) is 0 Å². The molecular weight excluding hydrogens is 290 g/mol.